The second-order valence-electron chi connectivity index (χ2n) is 5.86. The number of rotatable bonds is 2. The van der Waals surface area contributed by atoms with Crippen LogP contribution in [0, 0.1) is 0 Å². The Balaban J connectivity index is 1.72. The quantitative estimate of drug-likeness (QED) is 0.778. The number of anilines is 1. The van der Waals surface area contributed by atoms with Crippen LogP contribution in [-0.4, -0.2) is 52.4 Å². The number of amides is 1. The van der Waals surface area contributed by atoms with Gasteiger partial charge in [-0.25, -0.2) is 9.97 Å². The molecule has 1 aliphatic rings. The molecule has 0 saturated carbocycles. The second-order valence-corrected chi connectivity index (χ2v) is 6.27. The maximum atomic E-state index is 11.9. The van der Waals surface area contributed by atoms with Crippen LogP contribution in [0.1, 0.15) is 0 Å². The van der Waals surface area contributed by atoms with Gasteiger partial charge < -0.3 is 14.8 Å². The van der Waals surface area contributed by atoms with E-state index in [1.165, 1.54) is 0 Å². The number of pyridine rings is 1. The van der Waals surface area contributed by atoms with E-state index in [4.69, 9.17) is 11.6 Å². The number of carbonyl (C=O) groups excluding carboxylic acids is 1. The Labute approximate surface area is 144 Å². The molecule has 0 bridgehead atoms. The zero-order chi connectivity index (χ0) is 16.7. The van der Waals surface area contributed by atoms with E-state index >= 15 is 0 Å². The Kier molecular flexibility index (Phi) is 3.61. The van der Waals surface area contributed by atoms with E-state index in [2.05, 4.69) is 15.0 Å². The summed E-state index contributed by atoms with van der Waals surface area (Å²) in [6.07, 6.45) is 1.61. The average molecular weight is 342 g/mol. The number of nitrogens with zero attached hydrogens (tertiary/aromatic N) is 4. The maximum absolute atomic E-state index is 11.9. The van der Waals surface area contributed by atoms with E-state index in [9.17, 15) is 4.79 Å². The van der Waals surface area contributed by atoms with Crippen LogP contribution in [0.4, 0.5) is 5.82 Å². The second kappa shape index (κ2) is 5.79. The number of benzene rings is 1. The lowest BCUT2D eigenvalue weighted by Crippen LogP contribution is -2.48. The van der Waals surface area contributed by atoms with Gasteiger partial charge in [0, 0.05) is 31.9 Å². The van der Waals surface area contributed by atoms with E-state index in [1.807, 2.05) is 42.3 Å². The smallest absolute Gasteiger partial charge is 0.241 e. The summed E-state index contributed by atoms with van der Waals surface area (Å²) >= 11 is 6.33. The topological polar surface area (TPSA) is 65.1 Å². The SMILES string of the molecule is CN1CCN(c2cc(-c3nc4ccccc4[nH]3)c(Cl)cn2)CC1=O. The number of likely N-dealkylation sites (N-methyl/N-ethyl adjacent to an activating group) is 1. The van der Waals surface area contributed by atoms with Gasteiger partial charge >= 0.3 is 0 Å². The first-order chi connectivity index (χ1) is 11.6. The zero-order valence-corrected chi connectivity index (χ0v) is 13.9. The molecule has 3 heterocycles. The summed E-state index contributed by atoms with van der Waals surface area (Å²) in [4.78, 5) is 27.9. The summed E-state index contributed by atoms with van der Waals surface area (Å²) in [5.74, 6) is 1.52. The predicted molar refractivity (Wildman–Crippen MR) is 94.2 cm³/mol. The normalized spacial score (nSPS) is 15.3. The summed E-state index contributed by atoms with van der Waals surface area (Å²) in [7, 11) is 1.81. The van der Waals surface area contributed by atoms with Gasteiger partial charge in [0.2, 0.25) is 5.91 Å². The highest BCUT2D eigenvalue weighted by molar-refractivity contribution is 6.33. The highest BCUT2D eigenvalue weighted by Gasteiger charge is 2.23. The molecule has 0 radical (unpaired) electrons. The predicted octanol–water partition coefficient (Wildman–Crippen LogP) is 2.56. The van der Waals surface area contributed by atoms with Gasteiger partial charge in [0.25, 0.3) is 0 Å². The standard InChI is InChI=1S/C17H16ClN5O/c1-22-6-7-23(10-16(22)24)15-8-11(12(18)9-19-15)17-20-13-4-2-3-5-14(13)21-17/h2-5,8-9H,6-7,10H2,1H3,(H,20,21). The minimum Gasteiger partial charge on any atom is -0.346 e. The van der Waals surface area contributed by atoms with Gasteiger partial charge in [-0.1, -0.05) is 23.7 Å². The van der Waals surface area contributed by atoms with Gasteiger partial charge in [0.15, 0.2) is 0 Å². The number of imidazole rings is 1. The number of aromatic amines is 1. The molecule has 1 amide bonds. The van der Waals surface area contributed by atoms with Crippen molar-refractivity contribution < 1.29 is 4.79 Å². The van der Waals surface area contributed by atoms with Crippen LogP contribution in [0.25, 0.3) is 22.4 Å². The fourth-order valence-corrected chi connectivity index (χ4v) is 3.01. The van der Waals surface area contributed by atoms with E-state index < -0.39 is 0 Å². The molecular formula is C17H16ClN5O. The van der Waals surface area contributed by atoms with Crippen molar-refractivity contribution >= 4 is 34.4 Å². The van der Waals surface area contributed by atoms with Crippen LogP contribution in [0.2, 0.25) is 5.02 Å². The average Bonchev–Trinajstić information content (AvgIpc) is 3.01. The number of aromatic nitrogens is 3. The minimum absolute atomic E-state index is 0.0864. The number of hydrogen-bond acceptors (Lipinski definition) is 4. The first kappa shape index (κ1) is 15.0. The van der Waals surface area contributed by atoms with Crippen molar-refractivity contribution in [2.45, 2.75) is 0 Å². The number of halogens is 1. The number of carbonyl (C=O) groups is 1. The van der Waals surface area contributed by atoms with Crippen LogP contribution in [0.5, 0.6) is 0 Å². The molecule has 6 nitrogen and oxygen atoms in total. The summed E-state index contributed by atoms with van der Waals surface area (Å²) in [6.45, 7) is 1.75. The summed E-state index contributed by atoms with van der Waals surface area (Å²) in [5.41, 5.74) is 2.62. The van der Waals surface area contributed by atoms with Gasteiger partial charge in [0.05, 0.1) is 22.6 Å². The third-order valence-corrected chi connectivity index (χ3v) is 4.57. The Hall–Kier alpha value is -2.60. The van der Waals surface area contributed by atoms with E-state index in [1.54, 1.807) is 11.1 Å². The van der Waals surface area contributed by atoms with Crippen molar-refractivity contribution in [1.29, 1.82) is 0 Å². The Morgan fingerprint density at radius 3 is 2.88 bits per heavy atom. The van der Waals surface area contributed by atoms with Crippen molar-refractivity contribution in [3.63, 3.8) is 0 Å². The maximum Gasteiger partial charge on any atom is 0.241 e. The summed E-state index contributed by atoms with van der Waals surface area (Å²) < 4.78 is 0. The van der Waals surface area contributed by atoms with E-state index in [0.717, 1.165) is 29.0 Å². The van der Waals surface area contributed by atoms with Gasteiger partial charge in [-0.3, -0.25) is 4.79 Å². The first-order valence-electron chi connectivity index (χ1n) is 7.71. The molecule has 1 aliphatic heterocycles. The molecule has 122 valence electrons. The largest absolute Gasteiger partial charge is 0.346 e. The molecule has 0 aliphatic carbocycles. The van der Waals surface area contributed by atoms with Gasteiger partial charge in [-0.15, -0.1) is 0 Å². The summed E-state index contributed by atoms with van der Waals surface area (Å²) in [5, 5.41) is 0.526. The fraction of sp³-hybridized carbons (Fsp3) is 0.235. The van der Waals surface area contributed by atoms with Crippen LogP contribution in [-0.2, 0) is 4.79 Å². The molecule has 1 N–H and O–H groups in total. The van der Waals surface area contributed by atoms with Gasteiger partial charge in [-0.2, -0.15) is 0 Å². The number of nitrogens with one attached hydrogen (secondary N) is 1. The molecule has 1 aromatic carbocycles. The van der Waals surface area contributed by atoms with Gasteiger partial charge in [0.1, 0.15) is 11.6 Å². The van der Waals surface area contributed by atoms with Crippen molar-refractivity contribution in [1.82, 2.24) is 19.9 Å². The molecule has 1 saturated heterocycles. The van der Waals surface area contributed by atoms with Gasteiger partial charge in [-0.05, 0) is 18.2 Å². The van der Waals surface area contributed by atoms with Crippen LogP contribution in [0.3, 0.4) is 0 Å². The molecule has 0 unspecified atom stereocenters. The highest BCUT2D eigenvalue weighted by atomic mass is 35.5. The lowest BCUT2D eigenvalue weighted by molar-refractivity contribution is -0.129. The van der Waals surface area contributed by atoms with Crippen molar-refractivity contribution in [2.75, 3.05) is 31.6 Å². The molecule has 2 aromatic heterocycles. The number of piperazine rings is 1. The molecule has 4 rings (SSSR count). The number of fused-ring (bicyclic) bond motifs is 1. The Morgan fingerprint density at radius 1 is 1.25 bits per heavy atom. The third-order valence-electron chi connectivity index (χ3n) is 4.27. The lowest BCUT2D eigenvalue weighted by atomic mass is 10.2. The summed E-state index contributed by atoms with van der Waals surface area (Å²) in [6, 6.07) is 9.71. The van der Waals surface area contributed by atoms with Crippen LogP contribution < -0.4 is 4.90 Å². The zero-order valence-electron chi connectivity index (χ0n) is 13.2. The van der Waals surface area contributed by atoms with Crippen LogP contribution >= 0.6 is 11.6 Å². The number of hydrogen-bond donors (Lipinski definition) is 1. The van der Waals surface area contributed by atoms with Crippen LogP contribution in [0.15, 0.2) is 36.5 Å². The molecule has 3 aromatic rings. The van der Waals surface area contributed by atoms with Crippen molar-refractivity contribution in [3.8, 4) is 11.4 Å². The number of para-hydroxylation sites is 2. The minimum atomic E-state index is 0.0864. The monoisotopic (exact) mass is 341 g/mol. The molecule has 1 fully saturated rings. The lowest BCUT2D eigenvalue weighted by Gasteiger charge is -2.32. The van der Waals surface area contributed by atoms with E-state index in [0.29, 0.717) is 23.9 Å². The molecule has 7 heteroatoms. The third kappa shape index (κ3) is 2.59. The van der Waals surface area contributed by atoms with Crippen molar-refractivity contribution in [3.05, 3.63) is 41.6 Å². The molecule has 24 heavy (non-hydrogen) atoms. The Morgan fingerprint density at radius 2 is 2.08 bits per heavy atom. The number of H-pyrrole nitrogens is 1. The Bertz CT molecular complexity index is 889. The fourth-order valence-electron chi connectivity index (χ4n) is 2.82. The molecule has 0 atom stereocenters. The molecule has 0 spiro atoms. The highest BCUT2D eigenvalue weighted by Crippen LogP contribution is 2.30. The first-order valence-corrected chi connectivity index (χ1v) is 8.09. The van der Waals surface area contributed by atoms with E-state index in [-0.39, 0.29) is 5.91 Å². The van der Waals surface area contributed by atoms with Crippen molar-refractivity contribution in [2.24, 2.45) is 0 Å². The molecular weight excluding hydrogens is 326 g/mol.